The third-order valence-electron chi connectivity index (χ3n) is 4.38. The first-order valence-corrected chi connectivity index (χ1v) is 8.95. The Morgan fingerprint density at radius 1 is 1.00 bits per heavy atom. The summed E-state index contributed by atoms with van der Waals surface area (Å²) in [5, 5.41) is 0. The van der Waals surface area contributed by atoms with Crippen LogP contribution in [0.25, 0.3) is 0 Å². The van der Waals surface area contributed by atoms with Gasteiger partial charge in [0.15, 0.2) is 18.1 Å². The Bertz CT molecular complexity index is 816. The molecule has 1 aliphatic heterocycles. The number of hydrogen-bond acceptors (Lipinski definition) is 5. The number of esters is 1. The Balaban J connectivity index is 1.52. The summed E-state index contributed by atoms with van der Waals surface area (Å²) in [4.78, 5) is 25.8. The van der Waals surface area contributed by atoms with Crippen molar-refractivity contribution in [2.75, 3.05) is 26.9 Å². The fourth-order valence-corrected chi connectivity index (χ4v) is 2.75. The summed E-state index contributed by atoms with van der Waals surface area (Å²) >= 11 is 0. The van der Waals surface area contributed by atoms with Crippen LogP contribution in [0.5, 0.6) is 11.5 Å². The van der Waals surface area contributed by atoms with Crippen molar-refractivity contribution in [1.82, 2.24) is 4.90 Å². The maximum atomic E-state index is 12.3. The molecule has 1 amide bonds. The van der Waals surface area contributed by atoms with Crippen LogP contribution in [-0.2, 0) is 22.5 Å². The molecule has 0 saturated carbocycles. The average molecular weight is 369 g/mol. The number of benzene rings is 2. The summed E-state index contributed by atoms with van der Waals surface area (Å²) in [6, 6.07) is 12.8. The van der Waals surface area contributed by atoms with Gasteiger partial charge in [0.1, 0.15) is 13.2 Å². The van der Waals surface area contributed by atoms with E-state index in [1.807, 2.05) is 37.3 Å². The van der Waals surface area contributed by atoms with Crippen LogP contribution in [0.4, 0.5) is 0 Å². The summed E-state index contributed by atoms with van der Waals surface area (Å²) < 4.78 is 16.2. The van der Waals surface area contributed by atoms with Crippen LogP contribution in [0.15, 0.2) is 42.5 Å². The number of likely N-dealkylation sites (N-methyl/N-ethyl adjacent to an activating group) is 1. The van der Waals surface area contributed by atoms with Gasteiger partial charge >= 0.3 is 5.97 Å². The van der Waals surface area contributed by atoms with Gasteiger partial charge in [-0.25, -0.2) is 4.79 Å². The Hall–Kier alpha value is -3.02. The first-order chi connectivity index (χ1) is 13.1. The van der Waals surface area contributed by atoms with Gasteiger partial charge in [-0.2, -0.15) is 0 Å². The summed E-state index contributed by atoms with van der Waals surface area (Å²) in [5.74, 6) is 0.616. The predicted octanol–water partition coefficient (Wildman–Crippen LogP) is 2.84. The number of amides is 1. The molecule has 0 N–H and O–H groups in total. The molecule has 1 aliphatic rings. The second-order valence-corrected chi connectivity index (χ2v) is 6.35. The summed E-state index contributed by atoms with van der Waals surface area (Å²) in [6.45, 7) is 3.19. The zero-order chi connectivity index (χ0) is 19.2. The van der Waals surface area contributed by atoms with Crippen molar-refractivity contribution in [3.05, 3.63) is 59.2 Å². The molecule has 0 radical (unpaired) electrons. The molecule has 0 fully saturated rings. The monoisotopic (exact) mass is 369 g/mol. The molecule has 1 heterocycles. The molecule has 2 aromatic carbocycles. The largest absolute Gasteiger partial charge is 0.486 e. The van der Waals surface area contributed by atoms with Gasteiger partial charge in [0.2, 0.25) is 0 Å². The Labute approximate surface area is 158 Å². The van der Waals surface area contributed by atoms with Gasteiger partial charge in [-0.15, -0.1) is 0 Å². The minimum atomic E-state index is -0.501. The Kier molecular flexibility index (Phi) is 5.96. The lowest BCUT2D eigenvalue weighted by molar-refractivity contribution is -0.133. The quantitative estimate of drug-likeness (QED) is 0.733. The highest BCUT2D eigenvalue weighted by Gasteiger charge is 2.16. The van der Waals surface area contributed by atoms with Gasteiger partial charge < -0.3 is 19.1 Å². The van der Waals surface area contributed by atoms with Crippen LogP contribution in [-0.4, -0.2) is 43.6 Å². The van der Waals surface area contributed by atoms with Crippen LogP contribution in [0, 0.1) is 0 Å². The van der Waals surface area contributed by atoms with E-state index in [1.165, 1.54) is 4.90 Å². The van der Waals surface area contributed by atoms with Crippen molar-refractivity contribution in [3.8, 4) is 11.5 Å². The van der Waals surface area contributed by atoms with E-state index in [1.54, 1.807) is 19.2 Å². The summed E-state index contributed by atoms with van der Waals surface area (Å²) in [5.41, 5.74) is 2.49. The Morgan fingerprint density at radius 3 is 2.37 bits per heavy atom. The first kappa shape index (κ1) is 18.8. The lowest BCUT2D eigenvalue weighted by Gasteiger charge is -2.21. The van der Waals surface area contributed by atoms with E-state index < -0.39 is 5.97 Å². The number of carbonyl (C=O) groups is 2. The molecule has 0 spiro atoms. The second-order valence-electron chi connectivity index (χ2n) is 6.35. The average Bonchev–Trinajstić information content (AvgIpc) is 2.71. The maximum Gasteiger partial charge on any atom is 0.338 e. The lowest BCUT2D eigenvalue weighted by Crippen LogP contribution is -2.30. The third kappa shape index (κ3) is 4.78. The molecule has 2 aromatic rings. The number of aryl methyl sites for hydroxylation is 1. The van der Waals surface area contributed by atoms with Crippen molar-refractivity contribution >= 4 is 11.9 Å². The number of rotatable bonds is 6. The standard InChI is InChI=1S/C21H23NO5/c1-3-15-4-7-17(8-5-15)21(24)27-14-20(23)22(2)13-16-6-9-18-19(12-16)26-11-10-25-18/h4-9,12H,3,10-11,13-14H2,1-2H3. The van der Waals surface area contributed by atoms with Gasteiger partial charge in [-0.3, -0.25) is 4.79 Å². The minimum absolute atomic E-state index is 0.275. The first-order valence-electron chi connectivity index (χ1n) is 8.95. The molecule has 0 unspecified atom stereocenters. The SMILES string of the molecule is CCc1ccc(C(=O)OCC(=O)N(C)Cc2ccc3c(c2)OCCO3)cc1. The molecule has 0 atom stereocenters. The maximum absolute atomic E-state index is 12.3. The highest BCUT2D eigenvalue weighted by Crippen LogP contribution is 2.31. The molecule has 6 nitrogen and oxygen atoms in total. The van der Waals surface area contributed by atoms with E-state index in [9.17, 15) is 9.59 Å². The highest BCUT2D eigenvalue weighted by atomic mass is 16.6. The van der Waals surface area contributed by atoms with Crippen LogP contribution in [0.1, 0.15) is 28.4 Å². The van der Waals surface area contributed by atoms with E-state index in [2.05, 4.69) is 0 Å². The molecular weight excluding hydrogens is 346 g/mol. The predicted molar refractivity (Wildman–Crippen MR) is 100 cm³/mol. The molecule has 6 heteroatoms. The van der Waals surface area contributed by atoms with Crippen LogP contribution < -0.4 is 9.47 Å². The smallest absolute Gasteiger partial charge is 0.338 e. The van der Waals surface area contributed by atoms with Gasteiger partial charge in [-0.1, -0.05) is 25.1 Å². The zero-order valence-electron chi connectivity index (χ0n) is 15.6. The topological polar surface area (TPSA) is 65.1 Å². The van der Waals surface area contributed by atoms with Gasteiger partial charge in [0.25, 0.3) is 5.91 Å². The molecule has 0 bridgehead atoms. The van der Waals surface area contributed by atoms with Gasteiger partial charge in [0, 0.05) is 13.6 Å². The number of ether oxygens (including phenoxy) is 3. The van der Waals surface area contributed by atoms with Crippen LogP contribution in [0.3, 0.4) is 0 Å². The molecule has 0 aromatic heterocycles. The molecule has 0 saturated heterocycles. The number of carbonyl (C=O) groups excluding carboxylic acids is 2. The number of nitrogens with zero attached hydrogens (tertiary/aromatic N) is 1. The Morgan fingerprint density at radius 2 is 1.67 bits per heavy atom. The fraction of sp³-hybridized carbons (Fsp3) is 0.333. The third-order valence-corrected chi connectivity index (χ3v) is 4.38. The summed E-state index contributed by atoms with van der Waals surface area (Å²) in [6.07, 6.45) is 0.901. The molecular formula is C21H23NO5. The lowest BCUT2D eigenvalue weighted by atomic mass is 10.1. The van der Waals surface area contributed by atoms with E-state index in [-0.39, 0.29) is 12.5 Å². The molecule has 3 rings (SSSR count). The van der Waals surface area contributed by atoms with Crippen LogP contribution in [0.2, 0.25) is 0 Å². The second kappa shape index (κ2) is 8.58. The van der Waals surface area contributed by atoms with E-state index in [0.717, 1.165) is 17.5 Å². The molecule has 0 aliphatic carbocycles. The van der Waals surface area contributed by atoms with E-state index in [4.69, 9.17) is 14.2 Å². The van der Waals surface area contributed by atoms with Crippen molar-refractivity contribution in [1.29, 1.82) is 0 Å². The number of fused-ring (bicyclic) bond motifs is 1. The fourth-order valence-electron chi connectivity index (χ4n) is 2.75. The van der Waals surface area contributed by atoms with Gasteiger partial charge in [-0.05, 0) is 41.8 Å². The summed E-state index contributed by atoms with van der Waals surface area (Å²) in [7, 11) is 1.67. The van der Waals surface area contributed by atoms with Crippen molar-refractivity contribution < 1.29 is 23.8 Å². The molecule has 27 heavy (non-hydrogen) atoms. The van der Waals surface area contributed by atoms with Crippen molar-refractivity contribution in [2.24, 2.45) is 0 Å². The zero-order valence-corrected chi connectivity index (χ0v) is 15.6. The molecule has 142 valence electrons. The van der Waals surface area contributed by atoms with E-state index >= 15 is 0 Å². The number of hydrogen-bond donors (Lipinski definition) is 0. The van der Waals surface area contributed by atoms with Gasteiger partial charge in [0.05, 0.1) is 5.56 Å². The van der Waals surface area contributed by atoms with E-state index in [0.29, 0.717) is 36.8 Å². The highest BCUT2D eigenvalue weighted by molar-refractivity contribution is 5.91. The minimum Gasteiger partial charge on any atom is -0.486 e. The van der Waals surface area contributed by atoms with Crippen LogP contribution >= 0.6 is 0 Å². The van der Waals surface area contributed by atoms with Crippen molar-refractivity contribution in [2.45, 2.75) is 19.9 Å². The van der Waals surface area contributed by atoms with Crippen molar-refractivity contribution in [3.63, 3.8) is 0 Å². The normalized spacial score (nSPS) is 12.4.